The van der Waals surface area contributed by atoms with Crippen LogP contribution < -0.4 is 20.7 Å². The van der Waals surface area contributed by atoms with Crippen molar-refractivity contribution >= 4 is 10.9 Å². The maximum Gasteiger partial charge on any atom is 0.326 e. The molecule has 2 N–H and O–H groups in total. The third-order valence-corrected chi connectivity index (χ3v) is 2.38. The highest BCUT2D eigenvalue weighted by atomic mass is 16.5. The van der Waals surface area contributed by atoms with Gasteiger partial charge in [-0.3, -0.25) is 9.78 Å². The molecule has 2 rings (SSSR count). The summed E-state index contributed by atoms with van der Waals surface area (Å²) in [5.41, 5.74) is -0.651. The zero-order valence-electron chi connectivity index (χ0n) is 10.4. The number of H-pyrrole nitrogens is 2. The summed E-state index contributed by atoms with van der Waals surface area (Å²) in [6, 6.07) is 3.20. The Balaban J connectivity index is 2.81. The van der Waals surface area contributed by atoms with E-state index in [1.165, 1.54) is 7.11 Å². The third kappa shape index (κ3) is 2.22. The van der Waals surface area contributed by atoms with E-state index in [0.717, 1.165) is 0 Å². The number of hydrogen-bond acceptors (Lipinski definition) is 4. The minimum Gasteiger partial charge on any atom is -0.497 e. The first-order chi connectivity index (χ1) is 8.51. The topological polar surface area (TPSA) is 84.2 Å². The van der Waals surface area contributed by atoms with Crippen molar-refractivity contribution in [3.05, 3.63) is 33.0 Å². The molecular formula is C12H14N2O4. The SMILES string of the molecule is COc1cc(OC(C)C)c2c(=O)[nH]c(=O)[nH]c2c1. The highest BCUT2D eigenvalue weighted by Gasteiger charge is 2.12. The Labute approximate surface area is 103 Å². The van der Waals surface area contributed by atoms with Gasteiger partial charge in [0, 0.05) is 12.1 Å². The molecule has 96 valence electrons. The van der Waals surface area contributed by atoms with Crippen molar-refractivity contribution in [3.63, 3.8) is 0 Å². The molecule has 6 heteroatoms. The van der Waals surface area contributed by atoms with Crippen molar-refractivity contribution in [2.24, 2.45) is 0 Å². The molecule has 0 aliphatic rings. The third-order valence-electron chi connectivity index (χ3n) is 2.38. The van der Waals surface area contributed by atoms with Gasteiger partial charge < -0.3 is 14.5 Å². The lowest BCUT2D eigenvalue weighted by molar-refractivity contribution is 0.244. The highest BCUT2D eigenvalue weighted by Crippen LogP contribution is 2.27. The summed E-state index contributed by atoms with van der Waals surface area (Å²) in [7, 11) is 1.51. The number of hydrogen-bond donors (Lipinski definition) is 2. The second-order valence-corrected chi connectivity index (χ2v) is 4.12. The molecule has 2 aromatic rings. The van der Waals surface area contributed by atoms with Crippen molar-refractivity contribution in [1.82, 2.24) is 9.97 Å². The maximum absolute atomic E-state index is 11.8. The predicted molar refractivity (Wildman–Crippen MR) is 67.5 cm³/mol. The van der Waals surface area contributed by atoms with Crippen LogP contribution in [0.1, 0.15) is 13.8 Å². The number of methoxy groups -OCH3 is 1. The van der Waals surface area contributed by atoms with E-state index < -0.39 is 11.2 Å². The number of ether oxygens (including phenoxy) is 2. The molecule has 0 aliphatic heterocycles. The molecule has 6 nitrogen and oxygen atoms in total. The fourth-order valence-electron chi connectivity index (χ4n) is 1.71. The van der Waals surface area contributed by atoms with Gasteiger partial charge in [-0.25, -0.2) is 4.79 Å². The van der Waals surface area contributed by atoms with E-state index in [1.54, 1.807) is 12.1 Å². The van der Waals surface area contributed by atoms with Crippen molar-refractivity contribution in [2.75, 3.05) is 7.11 Å². The van der Waals surface area contributed by atoms with Crippen molar-refractivity contribution < 1.29 is 9.47 Å². The Hall–Kier alpha value is -2.24. The Morgan fingerprint density at radius 1 is 1.17 bits per heavy atom. The van der Waals surface area contributed by atoms with Gasteiger partial charge >= 0.3 is 5.69 Å². The highest BCUT2D eigenvalue weighted by molar-refractivity contribution is 5.85. The summed E-state index contributed by atoms with van der Waals surface area (Å²) < 4.78 is 10.7. The summed E-state index contributed by atoms with van der Waals surface area (Å²) in [6.07, 6.45) is -0.0911. The van der Waals surface area contributed by atoms with Crippen LogP contribution in [-0.2, 0) is 0 Å². The Morgan fingerprint density at radius 2 is 1.89 bits per heavy atom. The van der Waals surface area contributed by atoms with Crippen LogP contribution in [0.5, 0.6) is 11.5 Å². The van der Waals surface area contributed by atoms with Crippen LogP contribution in [0.25, 0.3) is 10.9 Å². The van der Waals surface area contributed by atoms with Crippen LogP contribution in [0.3, 0.4) is 0 Å². The van der Waals surface area contributed by atoms with Crippen LogP contribution >= 0.6 is 0 Å². The normalized spacial score (nSPS) is 10.9. The molecule has 1 aromatic heterocycles. The van der Waals surface area contributed by atoms with Crippen LogP contribution in [0.15, 0.2) is 21.7 Å². The van der Waals surface area contributed by atoms with E-state index in [9.17, 15) is 9.59 Å². The molecule has 0 fully saturated rings. The monoisotopic (exact) mass is 250 g/mol. The zero-order valence-corrected chi connectivity index (χ0v) is 10.4. The van der Waals surface area contributed by atoms with Gasteiger partial charge in [-0.1, -0.05) is 0 Å². The molecule has 0 saturated carbocycles. The average molecular weight is 250 g/mol. The molecular weight excluding hydrogens is 236 g/mol. The molecule has 0 amide bonds. The molecule has 0 bridgehead atoms. The van der Waals surface area contributed by atoms with E-state index in [4.69, 9.17) is 9.47 Å². The standard InChI is InChI=1S/C12H14N2O4/c1-6(2)18-9-5-7(17-3)4-8-10(9)11(15)14-12(16)13-8/h4-6H,1-3H3,(H2,13,14,15,16). The minimum absolute atomic E-state index is 0.0911. The summed E-state index contributed by atoms with van der Waals surface area (Å²) in [6.45, 7) is 3.70. The molecule has 0 spiro atoms. The molecule has 0 radical (unpaired) electrons. The first-order valence-electron chi connectivity index (χ1n) is 5.52. The molecule has 0 saturated heterocycles. The second-order valence-electron chi connectivity index (χ2n) is 4.12. The van der Waals surface area contributed by atoms with Gasteiger partial charge in [0.15, 0.2) is 0 Å². The van der Waals surface area contributed by atoms with Gasteiger partial charge in [-0.2, -0.15) is 0 Å². The molecule has 0 atom stereocenters. The number of benzene rings is 1. The van der Waals surface area contributed by atoms with E-state index in [-0.39, 0.29) is 6.10 Å². The van der Waals surface area contributed by atoms with Crippen LogP contribution in [0.4, 0.5) is 0 Å². The van der Waals surface area contributed by atoms with Gasteiger partial charge in [0.1, 0.15) is 16.9 Å². The lowest BCUT2D eigenvalue weighted by atomic mass is 10.2. The molecule has 0 aliphatic carbocycles. The van der Waals surface area contributed by atoms with E-state index in [1.807, 2.05) is 13.8 Å². The lowest BCUT2D eigenvalue weighted by Crippen LogP contribution is -2.22. The summed E-state index contributed by atoms with van der Waals surface area (Å²) in [5.74, 6) is 0.899. The maximum atomic E-state index is 11.8. The Morgan fingerprint density at radius 3 is 2.50 bits per heavy atom. The summed E-state index contributed by atoms with van der Waals surface area (Å²) >= 11 is 0. The number of rotatable bonds is 3. The lowest BCUT2D eigenvalue weighted by Gasteiger charge is -2.13. The first kappa shape index (κ1) is 12.2. The molecule has 1 aromatic carbocycles. The zero-order chi connectivity index (χ0) is 13.3. The Bertz CT molecular complexity index is 685. The number of fused-ring (bicyclic) bond motifs is 1. The molecule has 18 heavy (non-hydrogen) atoms. The largest absolute Gasteiger partial charge is 0.497 e. The van der Waals surface area contributed by atoms with E-state index in [2.05, 4.69) is 9.97 Å². The van der Waals surface area contributed by atoms with Crippen LogP contribution in [0.2, 0.25) is 0 Å². The van der Waals surface area contributed by atoms with Crippen LogP contribution in [-0.4, -0.2) is 23.2 Å². The fraction of sp³-hybridized carbons (Fsp3) is 0.333. The van der Waals surface area contributed by atoms with Gasteiger partial charge in [0.05, 0.1) is 18.7 Å². The first-order valence-corrected chi connectivity index (χ1v) is 5.52. The van der Waals surface area contributed by atoms with Gasteiger partial charge in [-0.05, 0) is 13.8 Å². The van der Waals surface area contributed by atoms with Gasteiger partial charge in [0.25, 0.3) is 5.56 Å². The number of aromatic nitrogens is 2. The number of aromatic amines is 2. The number of nitrogens with one attached hydrogen (secondary N) is 2. The Kier molecular flexibility index (Phi) is 3.10. The van der Waals surface area contributed by atoms with Crippen molar-refractivity contribution in [2.45, 2.75) is 20.0 Å². The minimum atomic E-state index is -0.559. The van der Waals surface area contributed by atoms with E-state index in [0.29, 0.717) is 22.4 Å². The van der Waals surface area contributed by atoms with Gasteiger partial charge in [-0.15, -0.1) is 0 Å². The van der Waals surface area contributed by atoms with Crippen LogP contribution in [0, 0.1) is 0 Å². The average Bonchev–Trinajstić information content (AvgIpc) is 2.26. The summed E-state index contributed by atoms with van der Waals surface area (Å²) in [4.78, 5) is 27.8. The quantitative estimate of drug-likeness (QED) is 0.851. The predicted octanol–water partition coefficient (Wildman–Crippen LogP) is 1.01. The summed E-state index contributed by atoms with van der Waals surface area (Å²) in [5, 5.41) is 0.309. The van der Waals surface area contributed by atoms with E-state index >= 15 is 0 Å². The molecule has 1 heterocycles. The van der Waals surface area contributed by atoms with Gasteiger partial charge in [0.2, 0.25) is 0 Å². The van der Waals surface area contributed by atoms with Crippen molar-refractivity contribution in [1.29, 1.82) is 0 Å². The smallest absolute Gasteiger partial charge is 0.326 e. The fourth-order valence-corrected chi connectivity index (χ4v) is 1.71. The second kappa shape index (κ2) is 4.56. The van der Waals surface area contributed by atoms with Crippen molar-refractivity contribution in [3.8, 4) is 11.5 Å². The molecule has 0 unspecified atom stereocenters.